The summed E-state index contributed by atoms with van der Waals surface area (Å²) in [5.74, 6) is 0.787. The minimum atomic E-state index is 0.578. The molecule has 0 aromatic carbocycles. The third-order valence-corrected chi connectivity index (χ3v) is 4.35. The lowest BCUT2D eigenvalue weighted by Gasteiger charge is -2.32. The Labute approximate surface area is 123 Å². The monoisotopic (exact) mass is 282 g/mol. The Kier molecular flexibility index (Phi) is 7.66. The van der Waals surface area contributed by atoms with E-state index in [4.69, 9.17) is 0 Å². The van der Waals surface area contributed by atoms with Gasteiger partial charge in [-0.3, -0.25) is 4.90 Å². The Balaban J connectivity index is 2.38. The van der Waals surface area contributed by atoms with E-state index in [1.54, 1.807) is 0 Å². The molecule has 0 saturated carbocycles. The van der Waals surface area contributed by atoms with Gasteiger partial charge in [-0.25, -0.2) is 0 Å². The highest BCUT2D eigenvalue weighted by Crippen LogP contribution is 2.16. The van der Waals surface area contributed by atoms with Crippen LogP contribution < -0.4 is 5.32 Å². The lowest BCUT2D eigenvalue weighted by Crippen LogP contribution is -2.43. The topological polar surface area (TPSA) is 15.3 Å². The van der Waals surface area contributed by atoms with Crippen molar-refractivity contribution in [2.24, 2.45) is 5.92 Å². The van der Waals surface area contributed by atoms with Crippen molar-refractivity contribution in [3.05, 3.63) is 22.4 Å². The molecule has 1 heterocycles. The molecule has 1 atom stereocenters. The third kappa shape index (κ3) is 6.55. The first-order chi connectivity index (χ1) is 9.00. The van der Waals surface area contributed by atoms with E-state index in [1.165, 1.54) is 11.3 Å². The minimum Gasteiger partial charge on any atom is -0.315 e. The molecule has 1 N–H and O–H groups in total. The van der Waals surface area contributed by atoms with Crippen molar-refractivity contribution < 1.29 is 0 Å². The van der Waals surface area contributed by atoms with Crippen LogP contribution in [0, 0.1) is 5.92 Å². The lowest BCUT2D eigenvalue weighted by molar-refractivity contribution is 0.153. The summed E-state index contributed by atoms with van der Waals surface area (Å²) < 4.78 is 0. The van der Waals surface area contributed by atoms with Crippen LogP contribution in [0.4, 0.5) is 0 Å². The van der Waals surface area contributed by atoms with E-state index in [2.05, 4.69) is 62.3 Å². The van der Waals surface area contributed by atoms with Gasteiger partial charge in [0.05, 0.1) is 0 Å². The molecule has 0 fully saturated rings. The van der Waals surface area contributed by atoms with Gasteiger partial charge in [0.2, 0.25) is 0 Å². The van der Waals surface area contributed by atoms with E-state index in [0.29, 0.717) is 12.1 Å². The molecule has 1 rings (SSSR count). The van der Waals surface area contributed by atoms with Gasteiger partial charge in [-0.1, -0.05) is 19.9 Å². The molecule has 0 aliphatic rings. The van der Waals surface area contributed by atoms with E-state index < -0.39 is 0 Å². The summed E-state index contributed by atoms with van der Waals surface area (Å²) in [6.45, 7) is 14.8. The van der Waals surface area contributed by atoms with Gasteiger partial charge in [-0.15, -0.1) is 11.3 Å². The Hall–Kier alpha value is -0.380. The Morgan fingerprint density at radius 2 is 1.95 bits per heavy atom. The van der Waals surface area contributed by atoms with Crippen LogP contribution in [0.15, 0.2) is 17.5 Å². The molecule has 0 saturated heterocycles. The van der Waals surface area contributed by atoms with Crippen LogP contribution in [0.2, 0.25) is 0 Å². The maximum absolute atomic E-state index is 3.59. The number of hydrogen-bond acceptors (Lipinski definition) is 3. The quantitative estimate of drug-likeness (QED) is 0.689. The molecule has 3 heteroatoms. The van der Waals surface area contributed by atoms with Crippen LogP contribution in [0.5, 0.6) is 0 Å². The van der Waals surface area contributed by atoms with Gasteiger partial charge in [0.25, 0.3) is 0 Å². The van der Waals surface area contributed by atoms with Gasteiger partial charge in [0.15, 0.2) is 0 Å². The van der Waals surface area contributed by atoms with Crippen molar-refractivity contribution in [1.82, 2.24) is 10.2 Å². The average Bonchev–Trinajstić information content (AvgIpc) is 2.83. The first-order valence-electron chi connectivity index (χ1n) is 7.49. The highest BCUT2D eigenvalue weighted by molar-refractivity contribution is 7.09. The second kappa shape index (κ2) is 8.72. The van der Waals surface area contributed by atoms with E-state index >= 15 is 0 Å². The van der Waals surface area contributed by atoms with Gasteiger partial charge in [-0.05, 0) is 51.1 Å². The molecule has 0 radical (unpaired) electrons. The highest BCUT2D eigenvalue weighted by atomic mass is 32.1. The summed E-state index contributed by atoms with van der Waals surface area (Å²) in [6, 6.07) is 5.54. The lowest BCUT2D eigenvalue weighted by atomic mass is 10.1. The standard InChI is InChI=1S/C16H30N2S/c1-13(2)8-9-17-11-15(5)18(14(3)4)12-16-7-6-10-19-16/h6-7,10,13-15,17H,8-9,11-12H2,1-5H3. The van der Waals surface area contributed by atoms with E-state index in [1.807, 2.05) is 11.3 Å². The maximum atomic E-state index is 3.59. The minimum absolute atomic E-state index is 0.578. The molecule has 0 spiro atoms. The number of hydrogen-bond donors (Lipinski definition) is 1. The first-order valence-corrected chi connectivity index (χ1v) is 8.37. The zero-order valence-corrected chi connectivity index (χ0v) is 14.0. The van der Waals surface area contributed by atoms with Crippen molar-refractivity contribution in [3.63, 3.8) is 0 Å². The molecular formula is C16H30N2S. The van der Waals surface area contributed by atoms with Crippen molar-refractivity contribution in [1.29, 1.82) is 0 Å². The number of thiophene rings is 1. The molecular weight excluding hydrogens is 252 g/mol. The van der Waals surface area contributed by atoms with Crippen molar-refractivity contribution in [2.45, 2.75) is 59.7 Å². The fourth-order valence-corrected chi connectivity index (χ4v) is 2.96. The van der Waals surface area contributed by atoms with Crippen LogP contribution in [0.1, 0.15) is 45.9 Å². The van der Waals surface area contributed by atoms with Crippen molar-refractivity contribution in [3.8, 4) is 0 Å². The second-order valence-electron chi connectivity index (χ2n) is 6.08. The van der Waals surface area contributed by atoms with Gasteiger partial charge in [-0.2, -0.15) is 0 Å². The van der Waals surface area contributed by atoms with Crippen LogP contribution in [0.25, 0.3) is 0 Å². The molecule has 0 aliphatic carbocycles. The van der Waals surface area contributed by atoms with Gasteiger partial charge in [0.1, 0.15) is 0 Å². The smallest absolute Gasteiger partial charge is 0.0333 e. The summed E-state index contributed by atoms with van der Waals surface area (Å²) in [5, 5.41) is 5.76. The number of nitrogens with one attached hydrogen (secondary N) is 1. The zero-order valence-electron chi connectivity index (χ0n) is 13.1. The highest BCUT2D eigenvalue weighted by Gasteiger charge is 2.17. The molecule has 1 aromatic heterocycles. The predicted octanol–water partition coefficient (Wildman–Crippen LogP) is 3.98. The summed E-state index contributed by atoms with van der Waals surface area (Å²) in [5.41, 5.74) is 0. The van der Waals surface area contributed by atoms with Crippen molar-refractivity contribution >= 4 is 11.3 Å². The molecule has 0 bridgehead atoms. The third-order valence-electron chi connectivity index (χ3n) is 3.49. The molecule has 1 aromatic rings. The fraction of sp³-hybridized carbons (Fsp3) is 0.750. The predicted molar refractivity (Wildman–Crippen MR) is 86.8 cm³/mol. The SMILES string of the molecule is CC(C)CCNCC(C)N(Cc1cccs1)C(C)C. The van der Waals surface area contributed by atoms with Gasteiger partial charge < -0.3 is 5.32 Å². The summed E-state index contributed by atoms with van der Waals surface area (Å²) in [6.07, 6.45) is 1.26. The molecule has 2 nitrogen and oxygen atoms in total. The molecule has 1 unspecified atom stereocenters. The fourth-order valence-electron chi connectivity index (χ4n) is 2.25. The molecule has 110 valence electrons. The largest absolute Gasteiger partial charge is 0.315 e. The first kappa shape index (κ1) is 16.7. The van der Waals surface area contributed by atoms with Crippen LogP contribution >= 0.6 is 11.3 Å². The normalized spacial score (nSPS) is 13.7. The summed E-state index contributed by atoms with van der Waals surface area (Å²) in [4.78, 5) is 4.04. The second-order valence-corrected chi connectivity index (χ2v) is 7.11. The zero-order chi connectivity index (χ0) is 14.3. The Morgan fingerprint density at radius 3 is 2.47 bits per heavy atom. The van der Waals surface area contributed by atoms with Crippen molar-refractivity contribution in [2.75, 3.05) is 13.1 Å². The average molecular weight is 282 g/mol. The van der Waals surface area contributed by atoms with Gasteiger partial charge in [0, 0.05) is 30.1 Å². The maximum Gasteiger partial charge on any atom is 0.0333 e. The van der Waals surface area contributed by atoms with Gasteiger partial charge >= 0.3 is 0 Å². The van der Waals surface area contributed by atoms with Crippen LogP contribution in [-0.2, 0) is 6.54 Å². The summed E-state index contributed by atoms with van der Waals surface area (Å²) in [7, 11) is 0. The summed E-state index contributed by atoms with van der Waals surface area (Å²) >= 11 is 1.86. The molecule has 0 aliphatic heterocycles. The van der Waals surface area contributed by atoms with E-state index in [0.717, 1.165) is 25.6 Å². The van der Waals surface area contributed by atoms with Crippen LogP contribution in [0.3, 0.4) is 0 Å². The molecule has 19 heavy (non-hydrogen) atoms. The Morgan fingerprint density at radius 1 is 1.21 bits per heavy atom. The van der Waals surface area contributed by atoms with E-state index in [9.17, 15) is 0 Å². The number of rotatable bonds is 9. The van der Waals surface area contributed by atoms with E-state index in [-0.39, 0.29) is 0 Å². The Bertz CT molecular complexity index is 319. The number of nitrogens with zero attached hydrogens (tertiary/aromatic N) is 1. The molecule has 0 amide bonds. The van der Waals surface area contributed by atoms with Crippen LogP contribution in [-0.4, -0.2) is 30.1 Å².